The molecule has 1 N–H and O–H groups in total. The summed E-state index contributed by atoms with van der Waals surface area (Å²) in [6, 6.07) is 25.9. The number of benzene rings is 3. The van der Waals surface area contributed by atoms with Gasteiger partial charge in [-0.1, -0.05) is 18.2 Å². The molecule has 0 radical (unpaired) electrons. The Morgan fingerprint density at radius 3 is 2.26 bits per heavy atom. The topological polar surface area (TPSA) is 82.1 Å². The molecule has 0 atom stereocenters. The van der Waals surface area contributed by atoms with Gasteiger partial charge in [0.2, 0.25) is 5.84 Å². The number of ether oxygens (including phenoxy) is 1. The predicted molar refractivity (Wildman–Crippen MR) is 105 cm³/mol. The van der Waals surface area contributed by atoms with Gasteiger partial charge in [-0.2, -0.15) is 10.4 Å². The van der Waals surface area contributed by atoms with Gasteiger partial charge in [-0.15, -0.1) is 10.2 Å². The van der Waals surface area contributed by atoms with Crippen molar-refractivity contribution in [3.63, 3.8) is 0 Å². The van der Waals surface area contributed by atoms with Crippen LogP contribution in [-0.2, 0) is 0 Å². The van der Waals surface area contributed by atoms with Gasteiger partial charge in [0, 0.05) is 5.56 Å². The maximum atomic E-state index is 8.87. The van der Waals surface area contributed by atoms with Crippen molar-refractivity contribution in [3.05, 3.63) is 90.0 Å². The number of amidine groups is 1. The summed E-state index contributed by atoms with van der Waals surface area (Å²) >= 11 is 0. The molecule has 0 unspecified atom stereocenters. The SMILES string of the molecule is COc1ccc(C(N=Nc2ccc(C#N)cc2)=NNc2ccccc2)cc1. The van der Waals surface area contributed by atoms with Crippen molar-refractivity contribution in [1.82, 2.24) is 0 Å². The van der Waals surface area contributed by atoms with Crippen molar-refractivity contribution in [2.45, 2.75) is 0 Å². The number of para-hydroxylation sites is 1. The molecule has 0 spiro atoms. The van der Waals surface area contributed by atoms with Crippen LogP contribution in [0, 0.1) is 11.3 Å². The molecule has 132 valence electrons. The van der Waals surface area contributed by atoms with Crippen LogP contribution in [-0.4, -0.2) is 12.9 Å². The number of nitrogens with one attached hydrogen (secondary N) is 1. The van der Waals surface area contributed by atoms with Crippen molar-refractivity contribution in [2.75, 3.05) is 12.5 Å². The molecule has 0 aromatic heterocycles. The Balaban J connectivity index is 1.87. The summed E-state index contributed by atoms with van der Waals surface area (Å²) in [5.41, 5.74) is 5.83. The van der Waals surface area contributed by atoms with Gasteiger partial charge in [-0.25, -0.2) is 0 Å². The Kier molecular flexibility index (Phi) is 5.89. The summed E-state index contributed by atoms with van der Waals surface area (Å²) < 4.78 is 5.19. The molecule has 0 bridgehead atoms. The van der Waals surface area contributed by atoms with Crippen LogP contribution in [0.3, 0.4) is 0 Å². The average Bonchev–Trinajstić information content (AvgIpc) is 2.75. The highest BCUT2D eigenvalue weighted by molar-refractivity contribution is 5.99. The number of nitrogens with zero attached hydrogens (tertiary/aromatic N) is 4. The van der Waals surface area contributed by atoms with E-state index in [-0.39, 0.29) is 0 Å². The van der Waals surface area contributed by atoms with Gasteiger partial charge in [0.05, 0.1) is 30.1 Å². The van der Waals surface area contributed by atoms with Crippen LogP contribution >= 0.6 is 0 Å². The minimum absolute atomic E-state index is 0.422. The zero-order valence-electron chi connectivity index (χ0n) is 14.7. The predicted octanol–water partition coefficient (Wildman–Crippen LogP) is 5.12. The smallest absolute Gasteiger partial charge is 0.201 e. The van der Waals surface area contributed by atoms with Gasteiger partial charge in [0.15, 0.2) is 0 Å². The fraction of sp³-hybridized carbons (Fsp3) is 0.0476. The highest BCUT2D eigenvalue weighted by Gasteiger charge is 2.04. The van der Waals surface area contributed by atoms with Crippen LogP contribution in [0.5, 0.6) is 5.75 Å². The summed E-state index contributed by atoms with van der Waals surface area (Å²) in [5, 5.41) is 21.8. The second-order valence-electron chi connectivity index (χ2n) is 5.50. The van der Waals surface area contributed by atoms with E-state index in [1.165, 1.54) is 0 Å². The molecular weight excluding hydrogens is 338 g/mol. The first-order valence-corrected chi connectivity index (χ1v) is 8.23. The molecule has 0 aliphatic carbocycles. The zero-order valence-corrected chi connectivity index (χ0v) is 14.7. The Morgan fingerprint density at radius 2 is 1.63 bits per heavy atom. The molecule has 0 heterocycles. The lowest BCUT2D eigenvalue weighted by Crippen LogP contribution is -2.01. The summed E-state index contributed by atoms with van der Waals surface area (Å²) in [6.45, 7) is 0. The van der Waals surface area contributed by atoms with Gasteiger partial charge in [0.25, 0.3) is 0 Å². The third-order valence-electron chi connectivity index (χ3n) is 3.67. The van der Waals surface area contributed by atoms with Crippen molar-refractivity contribution in [1.29, 1.82) is 5.26 Å². The summed E-state index contributed by atoms with van der Waals surface area (Å²) in [5.74, 6) is 1.17. The Hall–Kier alpha value is -3.98. The van der Waals surface area contributed by atoms with Crippen LogP contribution in [0.2, 0.25) is 0 Å². The molecule has 0 saturated heterocycles. The number of nitriles is 1. The van der Waals surface area contributed by atoms with Gasteiger partial charge < -0.3 is 4.74 Å². The van der Waals surface area contributed by atoms with Crippen molar-refractivity contribution in [3.8, 4) is 11.8 Å². The Labute approximate surface area is 157 Å². The van der Waals surface area contributed by atoms with Crippen molar-refractivity contribution in [2.24, 2.45) is 15.3 Å². The molecule has 3 aromatic rings. The van der Waals surface area contributed by atoms with Gasteiger partial charge in [-0.05, 0) is 60.7 Å². The first-order valence-electron chi connectivity index (χ1n) is 8.23. The highest BCUT2D eigenvalue weighted by atomic mass is 16.5. The van der Waals surface area contributed by atoms with E-state index >= 15 is 0 Å². The van der Waals surface area contributed by atoms with Crippen LogP contribution in [0.4, 0.5) is 11.4 Å². The standard InChI is InChI=1S/C21H17N5O/c1-27-20-13-9-17(10-14-20)21(25-23-18-5-3-2-4-6-18)26-24-19-11-7-16(15-22)8-12-19/h2-14,23H,1H3. The highest BCUT2D eigenvalue weighted by Crippen LogP contribution is 2.17. The van der Waals surface area contributed by atoms with Crippen LogP contribution in [0.25, 0.3) is 0 Å². The molecule has 0 aliphatic rings. The molecule has 0 fully saturated rings. The Bertz CT molecular complexity index is 972. The van der Waals surface area contributed by atoms with E-state index in [1.807, 2.05) is 54.6 Å². The van der Waals surface area contributed by atoms with E-state index in [2.05, 4.69) is 26.8 Å². The lowest BCUT2D eigenvalue weighted by atomic mass is 10.2. The lowest BCUT2D eigenvalue weighted by Gasteiger charge is -2.04. The minimum atomic E-state index is 0.422. The first-order chi connectivity index (χ1) is 13.3. The molecule has 3 aromatic carbocycles. The van der Waals surface area contributed by atoms with Gasteiger partial charge >= 0.3 is 0 Å². The monoisotopic (exact) mass is 355 g/mol. The molecule has 0 saturated carbocycles. The van der Waals surface area contributed by atoms with E-state index in [4.69, 9.17) is 10.00 Å². The van der Waals surface area contributed by atoms with E-state index in [9.17, 15) is 0 Å². The summed E-state index contributed by atoms with van der Waals surface area (Å²) in [4.78, 5) is 0. The lowest BCUT2D eigenvalue weighted by molar-refractivity contribution is 0.415. The maximum Gasteiger partial charge on any atom is 0.201 e. The van der Waals surface area contributed by atoms with Crippen LogP contribution < -0.4 is 10.2 Å². The third-order valence-corrected chi connectivity index (χ3v) is 3.67. The molecule has 0 amide bonds. The van der Waals surface area contributed by atoms with Gasteiger partial charge in [-0.3, -0.25) is 5.43 Å². The van der Waals surface area contributed by atoms with Gasteiger partial charge in [0.1, 0.15) is 5.75 Å². The minimum Gasteiger partial charge on any atom is -0.497 e. The van der Waals surface area contributed by atoms with E-state index in [0.29, 0.717) is 17.1 Å². The van der Waals surface area contributed by atoms with Crippen molar-refractivity contribution >= 4 is 17.2 Å². The van der Waals surface area contributed by atoms with Crippen LogP contribution in [0.15, 0.2) is 94.2 Å². The quantitative estimate of drug-likeness (QED) is 0.298. The normalized spacial score (nSPS) is 11.2. The largest absolute Gasteiger partial charge is 0.497 e. The van der Waals surface area contributed by atoms with E-state index < -0.39 is 0 Å². The number of rotatable bonds is 5. The Morgan fingerprint density at radius 1 is 0.926 bits per heavy atom. The fourth-order valence-electron chi connectivity index (χ4n) is 2.22. The number of methoxy groups -OCH3 is 1. The number of hydrogen-bond donors (Lipinski definition) is 1. The average molecular weight is 355 g/mol. The van der Waals surface area contributed by atoms with E-state index in [0.717, 1.165) is 17.0 Å². The third kappa shape index (κ3) is 5.00. The van der Waals surface area contributed by atoms with E-state index in [1.54, 1.807) is 31.4 Å². The number of anilines is 1. The molecule has 0 aliphatic heterocycles. The molecular formula is C21H17N5O. The summed E-state index contributed by atoms with van der Waals surface area (Å²) in [6.07, 6.45) is 0. The maximum absolute atomic E-state index is 8.87. The zero-order chi connectivity index (χ0) is 18.9. The second kappa shape index (κ2) is 8.92. The number of hydrogen-bond acceptors (Lipinski definition) is 5. The molecule has 3 rings (SSSR count). The fourth-order valence-corrected chi connectivity index (χ4v) is 2.22. The second-order valence-corrected chi connectivity index (χ2v) is 5.50. The van der Waals surface area contributed by atoms with Crippen LogP contribution in [0.1, 0.15) is 11.1 Å². The summed E-state index contributed by atoms with van der Waals surface area (Å²) in [7, 11) is 1.62. The molecule has 6 heteroatoms. The molecule has 27 heavy (non-hydrogen) atoms. The van der Waals surface area contributed by atoms with Crippen molar-refractivity contribution < 1.29 is 4.74 Å². The number of azo groups is 1. The number of hydrazone groups is 1. The first kappa shape index (κ1) is 17.8. The molecule has 6 nitrogen and oxygen atoms in total.